The van der Waals surface area contributed by atoms with Crippen LogP contribution in [0, 0.1) is 5.41 Å². The van der Waals surface area contributed by atoms with E-state index in [2.05, 4.69) is 10.6 Å². The van der Waals surface area contributed by atoms with Crippen molar-refractivity contribution in [2.75, 3.05) is 17.2 Å². The van der Waals surface area contributed by atoms with Crippen molar-refractivity contribution < 1.29 is 19.1 Å². The fourth-order valence-electron chi connectivity index (χ4n) is 2.69. The van der Waals surface area contributed by atoms with Crippen LogP contribution in [0.25, 0.3) is 0 Å². The number of para-hydroxylation sites is 1. The van der Waals surface area contributed by atoms with E-state index in [0.29, 0.717) is 23.5 Å². The van der Waals surface area contributed by atoms with Gasteiger partial charge in [-0.2, -0.15) is 0 Å². The third-order valence-electron chi connectivity index (χ3n) is 4.62. The van der Waals surface area contributed by atoms with Crippen LogP contribution < -0.4 is 10.6 Å². The molecule has 0 saturated heterocycles. The molecule has 0 heterocycles. The SMILES string of the molecule is CCOC(=O)c1ccc(NC(=O)C(C)(C)C(=O)Nc2ccccc2C(C)C)cc1. The van der Waals surface area contributed by atoms with Gasteiger partial charge in [0.1, 0.15) is 5.41 Å². The Morgan fingerprint density at radius 3 is 2.10 bits per heavy atom. The average Bonchev–Trinajstić information content (AvgIpc) is 2.68. The molecule has 0 atom stereocenters. The maximum absolute atomic E-state index is 12.8. The zero-order chi connectivity index (χ0) is 21.6. The quantitative estimate of drug-likeness (QED) is 0.529. The Kier molecular flexibility index (Phi) is 7.15. The first-order valence-electron chi connectivity index (χ1n) is 9.65. The first kappa shape index (κ1) is 22.1. The predicted octanol–water partition coefficient (Wildman–Crippen LogP) is 4.59. The summed E-state index contributed by atoms with van der Waals surface area (Å²) in [6, 6.07) is 13.9. The largest absolute Gasteiger partial charge is 0.462 e. The van der Waals surface area contributed by atoms with Gasteiger partial charge in [-0.3, -0.25) is 9.59 Å². The van der Waals surface area contributed by atoms with Crippen LogP contribution in [0.2, 0.25) is 0 Å². The van der Waals surface area contributed by atoms with Crippen molar-refractivity contribution in [3.63, 3.8) is 0 Å². The van der Waals surface area contributed by atoms with E-state index >= 15 is 0 Å². The van der Waals surface area contributed by atoms with Crippen LogP contribution in [0.15, 0.2) is 48.5 Å². The van der Waals surface area contributed by atoms with Gasteiger partial charge in [-0.05, 0) is 62.6 Å². The van der Waals surface area contributed by atoms with Crippen molar-refractivity contribution in [1.82, 2.24) is 0 Å². The van der Waals surface area contributed by atoms with E-state index in [1.54, 1.807) is 45.0 Å². The van der Waals surface area contributed by atoms with Crippen LogP contribution in [0.5, 0.6) is 0 Å². The highest BCUT2D eigenvalue weighted by molar-refractivity contribution is 6.14. The molecule has 29 heavy (non-hydrogen) atoms. The number of hydrogen-bond donors (Lipinski definition) is 2. The summed E-state index contributed by atoms with van der Waals surface area (Å²) in [6.45, 7) is 9.26. The topological polar surface area (TPSA) is 84.5 Å². The molecule has 0 aliphatic heterocycles. The van der Waals surface area contributed by atoms with Crippen molar-refractivity contribution in [2.24, 2.45) is 5.41 Å². The Labute approximate surface area is 171 Å². The monoisotopic (exact) mass is 396 g/mol. The van der Waals surface area contributed by atoms with Crippen molar-refractivity contribution >= 4 is 29.2 Å². The summed E-state index contributed by atoms with van der Waals surface area (Å²) in [4.78, 5) is 37.3. The van der Waals surface area contributed by atoms with Gasteiger partial charge in [-0.1, -0.05) is 32.0 Å². The smallest absolute Gasteiger partial charge is 0.338 e. The molecule has 2 aromatic rings. The van der Waals surface area contributed by atoms with E-state index in [1.807, 2.05) is 38.1 Å². The first-order chi connectivity index (χ1) is 13.7. The fourth-order valence-corrected chi connectivity index (χ4v) is 2.69. The minimum absolute atomic E-state index is 0.237. The lowest BCUT2D eigenvalue weighted by Crippen LogP contribution is -2.41. The second-order valence-electron chi connectivity index (χ2n) is 7.57. The van der Waals surface area contributed by atoms with Gasteiger partial charge in [0.25, 0.3) is 0 Å². The molecule has 6 nitrogen and oxygen atoms in total. The Morgan fingerprint density at radius 2 is 1.52 bits per heavy atom. The van der Waals surface area contributed by atoms with Crippen molar-refractivity contribution in [3.8, 4) is 0 Å². The fraction of sp³-hybridized carbons (Fsp3) is 0.348. The molecule has 0 saturated carbocycles. The van der Waals surface area contributed by atoms with Gasteiger partial charge in [-0.25, -0.2) is 4.79 Å². The lowest BCUT2D eigenvalue weighted by molar-refractivity contribution is -0.135. The molecule has 154 valence electrons. The van der Waals surface area contributed by atoms with E-state index in [-0.39, 0.29) is 5.92 Å². The summed E-state index contributed by atoms with van der Waals surface area (Å²) in [5, 5.41) is 5.61. The molecule has 0 fully saturated rings. The maximum Gasteiger partial charge on any atom is 0.338 e. The summed E-state index contributed by atoms with van der Waals surface area (Å²) in [7, 11) is 0. The molecule has 0 aromatic heterocycles. The minimum atomic E-state index is -1.30. The molecule has 0 aliphatic carbocycles. The molecule has 6 heteroatoms. The Balaban J connectivity index is 2.09. The van der Waals surface area contributed by atoms with Crippen molar-refractivity contribution in [3.05, 3.63) is 59.7 Å². The highest BCUT2D eigenvalue weighted by atomic mass is 16.5. The standard InChI is InChI=1S/C23H28N2O4/c1-6-29-20(26)16-11-13-17(14-12-16)24-21(27)23(4,5)22(28)25-19-10-8-7-9-18(19)15(2)3/h7-15H,6H2,1-5H3,(H,24,27)(H,25,28). The van der Waals surface area contributed by atoms with E-state index in [4.69, 9.17) is 4.74 Å². The third kappa shape index (κ3) is 5.44. The van der Waals surface area contributed by atoms with Crippen LogP contribution in [-0.4, -0.2) is 24.4 Å². The summed E-state index contributed by atoms with van der Waals surface area (Å²) < 4.78 is 4.94. The molecule has 0 radical (unpaired) electrons. The normalized spacial score (nSPS) is 11.1. The lowest BCUT2D eigenvalue weighted by atomic mass is 9.90. The highest BCUT2D eigenvalue weighted by Crippen LogP contribution is 2.27. The number of rotatable bonds is 7. The maximum atomic E-state index is 12.8. The van der Waals surface area contributed by atoms with Crippen molar-refractivity contribution in [2.45, 2.75) is 40.5 Å². The minimum Gasteiger partial charge on any atom is -0.462 e. The number of ether oxygens (including phenoxy) is 1. The Bertz CT molecular complexity index is 886. The molecule has 0 aliphatic rings. The average molecular weight is 396 g/mol. The molecule has 0 bridgehead atoms. The van der Waals surface area contributed by atoms with E-state index < -0.39 is 23.2 Å². The van der Waals surface area contributed by atoms with Crippen LogP contribution >= 0.6 is 0 Å². The zero-order valence-electron chi connectivity index (χ0n) is 17.5. The summed E-state index contributed by atoms with van der Waals surface area (Å²) in [5.74, 6) is -1.03. The number of carbonyl (C=O) groups excluding carboxylic acids is 3. The molecule has 0 unspecified atom stereocenters. The number of nitrogens with one attached hydrogen (secondary N) is 2. The zero-order valence-corrected chi connectivity index (χ0v) is 17.5. The summed E-state index contributed by atoms with van der Waals surface area (Å²) >= 11 is 0. The molecule has 2 rings (SSSR count). The van der Waals surface area contributed by atoms with Crippen molar-refractivity contribution in [1.29, 1.82) is 0 Å². The Hall–Kier alpha value is -3.15. The molecule has 2 amide bonds. The summed E-state index contributed by atoms with van der Waals surface area (Å²) in [5.41, 5.74) is 1.29. The number of esters is 1. The Morgan fingerprint density at radius 1 is 0.931 bits per heavy atom. The first-order valence-corrected chi connectivity index (χ1v) is 9.65. The number of hydrogen-bond acceptors (Lipinski definition) is 4. The predicted molar refractivity (Wildman–Crippen MR) is 114 cm³/mol. The highest BCUT2D eigenvalue weighted by Gasteiger charge is 2.36. The van der Waals surface area contributed by atoms with E-state index in [9.17, 15) is 14.4 Å². The van der Waals surface area contributed by atoms with Crippen LogP contribution in [0.3, 0.4) is 0 Å². The molecular formula is C23H28N2O4. The molecular weight excluding hydrogens is 368 g/mol. The number of anilines is 2. The second-order valence-corrected chi connectivity index (χ2v) is 7.57. The van der Waals surface area contributed by atoms with Gasteiger partial charge in [0, 0.05) is 11.4 Å². The molecule has 2 aromatic carbocycles. The lowest BCUT2D eigenvalue weighted by Gasteiger charge is -2.24. The van der Waals surface area contributed by atoms with Gasteiger partial charge in [0.05, 0.1) is 12.2 Å². The van der Waals surface area contributed by atoms with Gasteiger partial charge in [0.15, 0.2) is 0 Å². The van der Waals surface area contributed by atoms with Gasteiger partial charge in [0.2, 0.25) is 11.8 Å². The van der Waals surface area contributed by atoms with Gasteiger partial charge < -0.3 is 15.4 Å². The number of benzene rings is 2. The van der Waals surface area contributed by atoms with Gasteiger partial charge in [-0.15, -0.1) is 0 Å². The van der Waals surface area contributed by atoms with Crippen LogP contribution in [-0.2, 0) is 14.3 Å². The van der Waals surface area contributed by atoms with Crippen LogP contribution in [0.4, 0.5) is 11.4 Å². The second kappa shape index (κ2) is 9.37. The number of amides is 2. The molecule has 0 spiro atoms. The van der Waals surface area contributed by atoms with E-state index in [1.165, 1.54) is 0 Å². The third-order valence-corrected chi connectivity index (χ3v) is 4.62. The van der Waals surface area contributed by atoms with Crippen LogP contribution in [0.1, 0.15) is 56.5 Å². The number of carbonyl (C=O) groups is 3. The van der Waals surface area contributed by atoms with Gasteiger partial charge >= 0.3 is 5.97 Å². The molecule has 2 N–H and O–H groups in total. The van der Waals surface area contributed by atoms with E-state index in [0.717, 1.165) is 5.56 Å². The summed E-state index contributed by atoms with van der Waals surface area (Å²) in [6.07, 6.45) is 0.